The van der Waals surface area contributed by atoms with Crippen LogP contribution in [0.1, 0.15) is 6.92 Å². The molecule has 2 aromatic rings. The topological polar surface area (TPSA) is 70.9 Å². The van der Waals surface area contributed by atoms with E-state index in [4.69, 9.17) is 0 Å². The van der Waals surface area contributed by atoms with Crippen LogP contribution in [0.3, 0.4) is 0 Å². The average Bonchev–Trinajstić information content (AvgIpc) is 2.62. The number of allylic oxidation sites excluding steroid dienone is 1. The van der Waals surface area contributed by atoms with E-state index in [0.717, 1.165) is 18.3 Å². The summed E-state index contributed by atoms with van der Waals surface area (Å²) in [7, 11) is 0. The second-order valence-corrected chi connectivity index (χ2v) is 5.54. The first-order valence-corrected chi connectivity index (χ1v) is 7.94. The molecule has 0 saturated heterocycles. The second-order valence-electron chi connectivity index (χ2n) is 5.54. The predicted molar refractivity (Wildman–Crippen MR) is 96.6 cm³/mol. The fraction of sp³-hybridized carbons (Fsp3) is 0.158. The van der Waals surface area contributed by atoms with Crippen molar-refractivity contribution in [2.24, 2.45) is 4.99 Å². The standard InChI is InChI=1S/C19H16F4N2O3/c1-12(26)16(17(27)25-13-6-3-2-4-7-13)11-24-14-8-5-9-15(10-14)28-19(22,23)18(20)21/h2-11,18,26H,1H3,(H,25,27). The molecule has 0 unspecified atom stereocenters. The number of ether oxygens (including phenoxy) is 1. The van der Waals surface area contributed by atoms with Crippen LogP contribution in [0.5, 0.6) is 5.75 Å². The van der Waals surface area contributed by atoms with Gasteiger partial charge in [-0.2, -0.15) is 17.6 Å². The average molecular weight is 396 g/mol. The molecule has 0 aliphatic heterocycles. The summed E-state index contributed by atoms with van der Waals surface area (Å²) in [5.41, 5.74) is 0.367. The molecule has 148 valence electrons. The maximum Gasteiger partial charge on any atom is 0.461 e. The highest BCUT2D eigenvalue weighted by Gasteiger charge is 2.43. The molecular weight excluding hydrogens is 380 g/mol. The summed E-state index contributed by atoms with van der Waals surface area (Å²) in [6.45, 7) is 1.27. The van der Waals surface area contributed by atoms with E-state index in [9.17, 15) is 27.5 Å². The Morgan fingerprint density at radius 3 is 2.46 bits per heavy atom. The number of aliphatic imine (C=N–C) groups is 1. The number of rotatable bonds is 7. The minimum atomic E-state index is -4.65. The van der Waals surface area contributed by atoms with Crippen LogP contribution in [0, 0.1) is 0 Å². The van der Waals surface area contributed by atoms with Gasteiger partial charge in [0, 0.05) is 18.0 Å². The van der Waals surface area contributed by atoms with E-state index in [1.165, 1.54) is 19.1 Å². The van der Waals surface area contributed by atoms with Crippen molar-refractivity contribution in [2.75, 3.05) is 5.32 Å². The van der Waals surface area contributed by atoms with Crippen molar-refractivity contribution in [3.05, 3.63) is 65.9 Å². The number of hydrogen-bond acceptors (Lipinski definition) is 4. The number of nitrogens with zero attached hydrogens (tertiary/aromatic N) is 1. The molecule has 0 aliphatic rings. The SMILES string of the molecule is CC(O)=C(C=Nc1cccc(OC(F)(F)C(F)F)c1)C(=O)Nc1ccccc1. The predicted octanol–water partition coefficient (Wildman–Crippen LogP) is 5.10. The molecule has 28 heavy (non-hydrogen) atoms. The lowest BCUT2D eigenvalue weighted by atomic mass is 10.2. The van der Waals surface area contributed by atoms with Crippen molar-refractivity contribution >= 4 is 23.5 Å². The number of hydrogen-bond donors (Lipinski definition) is 2. The summed E-state index contributed by atoms with van der Waals surface area (Å²) in [6.07, 6.45) is -7.62. The van der Waals surface area contributed by atoms with Crippen LogP contribution >= 0.6 is 0 Å². The number of halogens is 4. The van der Waals surface area contributed by atoms with Gasteiger partial charge in [-0.3, -0.25) is 9.79 Å². The Bertz CT molecular complexity index is 880. The van der Waals surface area contributed by atoms with Gasteiger partial charge in [-0.25, -0.2) is 0 Å². The maximum absolute atomic E-state index is 13.0. The van der Waals surface area contributed by atoms with Crippen LogP contribution in [-0.4, -0.2) is 29.8 Å². The molecule has 0 fully saturated rings. The Morgan fingerprint density at radius 1 is 1.18 bits per heavy atom. The molecule has 1 amide bonds. The Labute approximate surface area is 158 Å². The summed E-state index contributed by atoms with van der Waals surface area (Å²) in [5, 5.41) is 12.3. The van der Waals surface area contributed by atoms with Gasteiger partial charge < -0.3 is 15.2 Å². The van der Waals surface area contributed by atoms with Gasteiger partial charge in [-0.05, 0) is 31.2 Å². The van der Waals surface area contributed by atoms with Gasteiger partial charge in [0.15, 0.2) is 0 Å². The molecule has 2 rings (SSSR count). The first-order valence-electron chi connectivity index (χ1n) is 7.94. The number of para-hydroxylation sites is 1. The third-order valence-corrected chi connectivity index (χ3v) is 3.33. The quantitative estimate of drug-likeness (QED) is 0.296. The zero-order chi connectivity index (χ0) is 20.7. The minimum Gasteiger partial charge on any atom is -0.512 e. The van der Waals surface area contributed by atoms with E-state index in [1.807, 2.05) is 0 Å². The van der Waals surface area contributed by atoms with Crippen LogP contribution in [0.4, 0.5) is 28.9 Å². The third-order valence-electron chi connectivity index (χ3n) is 3.33. The van der Waals surface area contributed by atoms with Crippen LogP contribution in [0.25, 0.3) is 0 Å². The number of aliphatic hydroxyl groups is 1. The highest BCUT2D eigenvalue weighted by Crippen LogP contribution is 2.29. The Kier molecular flexibility index (Phi) is 6.75. The number of amides is 1. The molecule has 0 aliphatic carbocycles. The van der Waals surface area contributed by atoms with Crippen molar-refractivity contribution < 1.29 is 32.2 Å². The van der Waals surface area contributed by atoms with Crippen molar-refractivity contribution in [1.29, 1.82) is 0 Å². The van der Waals surface area contributed by atoms with E-state index >= 15 is 0 Å². The van der Waals surface area contributed by atoms with Gasteiger partial charge in [-0.1, -0.05) is 24.3 Å². The van der Waals surface area contributed by atoms with Gasteiger partial charge in [0.25, 0.3) is 5.91 Å². The van der Waals surface area contributed by atoms with E-state index in [0.29, 0.717) is 5.69 Å². The number of aliphatic hydroxyl groups excluding tert-OH is 1. The third kappa shape index (κ3) is 5.83. The lowest BCUT2D eigenvalue weighted by molar-refractivity contribution is -0.253. The number of carbonyl (C=O) groups excluding carboxylic acids is 1. The van der Waals surface area contributed by atoms with Gasteiger partial charge in [0.05, 0.1) is 11.3 Å². The van der Waals surface area contributed by atoms with Crippen molar-refractivity contribution in [3.8, 4) is 5.75 Å². The van der Waals surface area contributed by atoms with E-state index in [-0.39, 0.29) is 17.0 Å². The van der Waals surface area contributed by atoms with E-state index in [1.54, 1.807) is 30.3 Å². The number of carbonyl (C=O) groups is 1. The van der Waals surface area contributed by atoms with Crippen LogP contribution in [0.2, 0.25) is 0 Å². The van der Waals surface area contributed by atoms with Gasteiger partial charge in [0.1, 0.15) is 11.5 Å². The van der Waals surface area contributed by atoms with Crippen LogP contribution in [0.15, 0.2) is 70.9 Å². The van der Waals surface area contributed by atoms with Gasteiger partial charge in [-0.15, -0.1) is 0 Å². The van der Waals surface area contributed by atoms with Crippen molar-refractivity contribution in [2.45, 2.75) is 19.5 Å². The molecule has 0 radical (unpaired) electrons. The van der Waals surface area contributed by atoms with Crippen LogP contribution in [-0.2, 0) is 4.79 Å². The van der Waals surface area contributed by atoms with Gasteiger partial charge >= 0.3 is 12.5 Å². The first kappa shape index (κ1) is 20.9. The highest BCUT2D eigenvalue weighted by atomic mass is 19.3. The molecule has 5 nitrogen and oxygen atoms in total. The fourth-order valence-corrected chi connectivity index (χ4v) is 2.00. The molecular formula is C19H16F4N2O3. The summed E-state index contributed by atoms with van der Waals surface area (Å²) in [5.74, 6) is -1.50. The summed E-state index contributed by atoms with van der Waals surface area (Å²) < 4.78 is 54.4. The monoisotopic (exact) mass is 396 g/mol. The molecule has 9 heteroatoms. The number of anilines is 1. The largest absolute Gasteiger partial charge is 0.512 e. The zero-order valence-corrected chi connectivity index (χ0v) is 14.6. The molecule has 0 bridgehead atoms. The maximum atomic E-state index is 13.0. The van der Waals surface area contributed by atoms with Crippen molar-refractivity contribution in [1.82, 2.24) is 0 Å². The molecule has 2 aromatic carbocycles. The Morgan fingerprint density at radius 2 is 1.86 bits per heavy atom. The lowest BCUT2D eigenvalue weighted by Crippen LogP contribution is -2.33. The van der Waals surface area contributed by atoms with Gasteiger partial charge in [0.2, 0.25) is 0 Å². The molecule has 0 aromatic heterocycles. The lowest BCUT2D eigenvalue weighted by Gasteiger charge is -2.16. The van der Waals surface area contributed by atoms with Crippen molar-refractivity contribution in [3.63, 3.8) is 0 Å². The molecule has 0 saturated carbocycles. The molecule has 2 N–H and O–H groups in total. The van der Waals surface area contributed by atoms with E-state index < -0.39 is 24.2 Å². The summed E-state index contributed by atoms with van der Waals surface area (Å²) in [6, 6.07) is 13.2. The number of benzene rings is 2. The number of nitrogens with one attached hydrogen (secondary N) is 1. The fourth-order valence-electron chi connectivity index (χ4n) is 2.00. The minimum absolute atomic E-state index is 0.0498. The molecule has 0 atom stereocenters. The smallest absolute Gasteiger partial charge is 0.461 e. The Hall–Kier alpha value is -3.36. The zero-order valence-electron chi connectivity index (χ0n) is 14.6. The normalized spacial score (nSPS) is 12.8. The first-order chi connectivity index (χ1) is 13.2. The Balaban J connectivity index is 2.17. The second kappa shape index (κ2) is 9.03. The highest BCUT2D eigenvalue weighted by molar-refractivity contribution is 6.18. The molecule has 0 spiro atoms. The van der Waals surface area contributed by atoms with E-state index in [2.05, 4.69) is 15.0 Å². The number of alkyl halides is 4. The summed E-state index contributed by atoms with van der Waals surface area (Å²) >= 11 is 0. The van der Waals surface area contributed by atoms with Crippen LogP contribution < -0.4 is 10.1 Å². The summed E-state index contributed by atoms with van der Waals surface area (Å²) in [4.78, 5) is 16.2. The molecule has 0 heterocycles.